The van der Waals surface area contributed by atoms with Crippen LogP contribution in [0.2, 0.25) is 0 Å². The number of hydrogen-bond donors (Lipinski definition) is 3. The van der Waals surface area contributed by atoms with Crippen LogP contribution in [-0.2, 0) is 17.1 Å². The summed E-state index contributed by atoms with van der Waals surface area (Å²) in [5.74, 6) is 0. The van der Waals surface area contributed by atoms with Gasteiger partial charge in [-0.2, -0.15) is 0 Å². The molecule has 0 aliphatic heterocycles. The molecule has 6 aromatic heterocycles. The van der Waals surface area contributed by atoms with Crippen molar-refractivity contribution in [1.82, 2.24) is 29.9 Å². The molecule has 6 N–H and O–H groups in total. The molecule has 0 radical (unpaired) electrons. The van der Waals surface area contributed by atoms with Gasteiger partial charge in [0.1, 0.15) is 0 Å². The van der Waals surface area contributed by atoms with Gasteiger partial charge in [0, 0.05) is 104 Å². The molecule has 0 aliphatic carbocycles. The fourth-order valence-corrected chi connectivity index (χ4v) is 5.43. The maximum atomic E-state index is 5.94. The summed E-state index contributed by atoms with van der Waals surface area (Å²) >= 11 is 0. The molecule has 0 saturated heterocycles. The van der Waals surface area contributed by atoms with Crippen molar-refractivity contribution in [2.45, 2.75) is 0 Å². The summed E-state index contributed by atoms with van der Waals surface area (Å²) in [6.45, 7) is 0. The third kappa shape index (κ3) is 5.66. The van der Waals surface area contributed by atoms with Crippen molar-refractivity contribution in [1.29, 1.82) is 0 Å². The minimum atomic E-state index is 0. The van der Waals surface area contributed by atoms with Crippen molar-refractivity contribution in [3.8, 4) is 0 Å². The van der Waals surface area contributed by atoms with E-state index in [9.17, 15) is 0 Å². The van der Waals surface area contributed by atoms with Gasteiger partial charge in [0.2, 0.25) is 0 Å². The Morgan fingerprint density at radius 1 is 0.326 bits per heavy atom. The Morgan fingerprint density at radius 3 is 0.848 bits per heavy atom. The largest absolute Gasteiger partial charge is 0.398 e. The van der Waals surface area contributed by atoms with Gasteiger partial charge < -0.3 is 17.2 Å². The molecule has 0 aliphatic rings. The maximum absolute atomic E-state index is 5.94. The van der Waals surface area contributed by atoms with E-state index in [1.165, 1.54) is 0 Å². The molecule has 3 aromatic carbocycles. The number of nitrogens with zero attached hydrogens (tertiary/aromatic N) is 6. The number of nitrogens with two attached hydrogens (primary N) is 3. The second-order valence-corrected chi connectivity index (χ2v) is 10.3. The Balaban J connectivity index is 0.000000120. The topological polar surface area (TPSA) is 155 Å². The van der Waals surface area contributed by atoms with Crippen LogP contribution in [0.4, 0.5) is 17.1 Å². The minimum absolute atomic E-state index is 0. The van der Waals surface area contributed by atoms with E-state index < -0.39 is 0 Å². The van der Waals surface area contributed by atoms with Gasteiger partial charge in [-0.05, 0) is 91.0 Å². The van der Waals surface area contributed by atoms with Crippen LogP contribution in [0.25, 0.3) is 65.4 Å². The van der Waals surface area contributed by atoms with Crippen molar-refractivity contribution >= 4 is 82.5 Å². The van der Waals surface area contributed by atoms with Gasteiger partial charge in [0.15, 0.2) is 0 Å². The van der Waals surface area contributed by atoms with Crippen LogP contribution in [-0.4, -0.2) is 29.9 Å². The number of anilines is 3. The minimum Gasteiger partial charge on any atom is -0.398 e. The summed E-state index contributed by atoms with van der Waals surface area (Å²) in [5.41, 5.74) is 25.4. The molecule has 224 valence electrons. The summed E-state index contributed by atoms with van der Waals surface area (Å²) in [4.78, 5) is 25.9. The number of benzene rings is 3. The second-order valence-electron chi connectivity index (χ2n) is 10.3. The number of hydrogen-bond acceptors (Lipinski definition) is 9. The molecule has 10 heteroatoms. The third-order valence-corrected chi connectivity index (χ3v) is 7.51. The van der Waals surface area contributed by atoms with Gasteiger partial charge in [0.05, 0.1) is 33.1 Å². The number of rotatable bonds is 0. The molecule has 0 bridgehead atoms. The van der Waals surface area contributed by atoms with E-state index in [0.29, 0.717) is 0 Å². The van der Waals surface area contributed by atoms with E-state index in [0.717, 1.165) is 82.5 Å². The third-order valence-electron chi connectivity index (χ3n) is 7.51. The zero-order chi connectivity index (χ0) is 30.8. The second kappa shape index (κ2) is 13.0. The van der Waals surface area contributed by atoms with Crippen molar-refractivity contribution in [3.05, 3.63) is 128 Å². The Bertz CT molecular complexity index is 2220. The van der Waals surface area contributed by atoms with Crippen LogP contribution in [0.3, 0.4) is 0 Å². The first-order valence-electron chi connectivity index (χ1n) is 14.2. The fraction of sp³-hybridized carbons (Fsp3) is 0. The molecule has 9 rings (SSSR count). The van der Waals surface area contributed by atoms with Crippen LogP contribution in [0.5, 0.6) is 0 Å². The van der Waals surface area contributed by atoms with Crippen LogP contribution in [0, 0.1) is 0 Å². The average Bonchev–Trinajstić information content (AvgIpc) is 3.09. The maximum Gasteiger partial charge on any atom is 0.0816 e. The Labute approximate surface area is 274 Å². The SMILES string of the molecule is Nc1cc2ncccc2c2ncccc12.Nc1cc2ncccc2c2ncccc12.Nc1cc2ncccc2c2ncccc12.[Fe]. The first-order chi connectivity index (χ1) is 22.1. The van der Waals surface area contributed by atoms with Gasteiger partial charge in [-0.3, -0.25) is 29.9 Å². The number of aromatic nitrogens is 6. The number of pyridine rings is 6. The number of nitrogen functional groups attached to an aromatic ring is 3. The van der Waals surface area contributed by atoms with Crippen LogP contribution < -0.4 is 17.2 Å². The zero-order valence-electron chi connectivity index (χ0n) is 24.4. The van der Waals surface area contributed by atoms with Crippen LogP contribution >= 0.6 is 0 Å². The Morgan fingerprint density at radius 2 is 0.565 bits per heavy atom. The molecular weight excluding hydrogens is 614 g/mol. The molecule has 0 spiro atoms. The molecule has 0 unspecified atom stereocenters. The van der Waals surface area contributed by atoms with Crippen molar-refractivity contribution < 1.29 is 17.1 Å². The summed E-state index contributed by atoms with van der Waals surface area (Å²) in [6.07, 6.45) is 10.6. The molecule has 0 fully saturated rings. The molecule has 46 heavy (non-hydrogen) atoms. The van der Waals surface area contributed by atoms with E-state index in [1.807, 2.05) is 91.0 Å². The molecule has 0 atom stereocenters. The van der Waals surface area contributed by atoms with E-state index >= 15 is 0 Å². The predicted octanol–water partition coefficient (Wildman–Crippen LogP) is 7.09. The summed E-state index contributed by atoms with van der Waals surface area (Å²) in [6, 6.07) is 29.0. The molecule has 0 amide bonds. The van der Waals surface area contributed by atoms with E-state index in [2.05, 4.69) is 29.9 Å². The quantitative estimate of drug-likeness (QED) is 0.0894. The van der Waals surface area contributed by atoms with Gasteiger partial charge in [-0.1, -0.05) is 0 Å². The van der Waals surface area contributed by atoms with E-state index in [-0.39, 0.29) is 17.1 Å². The zero-order valence-corrected chi connectivity index (χ0v) is 25.5. The van der Waals surface area contributed by atoms with Crippen molar-refractivity contribution in [3.63, 3.8) is 0 Å². The van der Waals surface area contributed by atoms with Gasteiger partial charge in [-0.25, -0.2) is 0 Å². The molecule has 6 heterocycles. The standard InChI is InChI=1S/3C12H9N3.Fe/c3*13-10-7-11-9(4-2-5-14-11)12-8(10)3-1-6-15-12;/h3*1-7H,13H2;. The van der Waals surface area contributed by atoms with Crippen molar-refractivity contribution in [2.75, 3.05) is 17.2 Å². The number of fused-ring (bicyclic) bond motifs is 9. The first kappa shape index (κ1) is 30.1. The van der Waals surface area contributed by atoms with Crippen molar-refractivity contribution in [2.24, 2.45) is 0 Å². The first-order valence-corrected chi connectivity index (χ1v) is 14.2. The van der Waals surface area contributed by atoms with E-state index in [1.54, 1.807) is 37.2 Å². The van der Waals surface area contributed by atoms with E-state index in [4.69, 9.17) is 17.2 Å². The van der Waals surface area contributed by atoms with Gasteiger partial charge in [0.25, 0.3) is 0 Å². The van der Waals surface area contributed by atoms with Crippen LogP contribution in [0.1, 0.15) is 0 Å². The molecular formula is C36H27FeN9. The smallest absolute Gasteiger partial charge is 0.0816 e. The van der Waals surface area contributed by atoms with Crippen LogP contribution in [0.15, 0.2) is 128 Å². The fourth-order valence-electron chi connectivity index (χ4n) is 5.43. The average molecular weight is 642 g/mol. The van der Waals surface area contributed by atoms with Gasteiger partial charge in [-0.15, -0.1) is 0 Å². The molecule has 9 nitrogen and oxygen atoms in total. The Hall–Kier alpha value is -5.96. The normalized spacial score (nSPS) is 10.7. The summed E-state index contributed by atoms with van der Waals surface area (Å²) in [5, 5.41) is 6.08. The monoisotopic (exact) mass is 641 g/mol. The molecule has 9 aromatic rings. The Kier molecular flexibility index (Phi) is 8.47. The summed E-state index contributed by atoms with van der Waals surface area (Å²) < 4.78 is 0. The molecule has 0 saturated carbocycles. The predicted molar refractivity (Wildman–Crippen MR) is 184 cm³/mol. The summed E-state index contributed by atoms with van der Waals surface area (Å²) in [7, 11) is 0. The van der Waals surface area contributed by atoms with Gasteiger partial charge >= 0.3 is 0 Å².